The summed E-state index contributed by atoms with van der Waals surface area (Å²) in [5.41, 5.74) is 2.49. The first-order valence-electron chi connectivity index (χ1n) is 13.3. The minimum atomic E-state index is -2.53. The van der Waals surface area contributed by atoms with E-state index in [0.29, 0.717) is 60.5 Å². The molecule has 0 spiro atoms. The molecule has 1 atom stereocenters. The maximum absolute atomic E-state index is 13.8. The number of nitrogens with zero attached hydrogens (tertiary/aromatic N) is 5. The fourth-order valence-corrected chi connectivity index (χ4v) is 5.52. The Bertz CT molecular complexity index is 1530. The van der Waals surface area contributed by atoms with Crippen LogP contribution in [0, 0.1) is 24.3 Å². The van der Waals surface area contributed by atoms with Gasteiger partial charge in [0.05, 0.1) is 12.1 Å². The van der Waals surface area contributed by atoms with Crippen LogP contribution in [-0.4, -0.2) is 49.5 Å². The molecule has 2 aliphatic rings. The molecular formula is C28H30F2N6O3. The zero-order valence-electron chi connectivity index (χ0n) is 21.8. The molecule has 1 amide bonds. The fourth-order valence-electron chi connectivity index (χ4n) is 5.52. The molecule has 4 heterocycles. The molecule has 0 unspecified atom stereocenters. The van der Waals surface area contributed by atoms with E-state index in [1.54, 1.807) is 11.0 Å². The third-order valence-electron chi connectivity index (χ3n) is 7.66. The summed E-state index contributed by atoms with van der Waals surface area (Å²) in [6, 6.07) is 1.73. The molecule has 3 aromatic heterocycles. The highest BCUT2D eigenvalue weighted by molar-refractivity contribution is 6.08. The lowest BCUT2D eigenvalue weighted by Gasteiger charge is -2.31. The lowest BCUT2D eigenvalue weighted by atomic mass is 9.82. The third kappa shape index (κ3) is 5.73. The minimum Gasteiger partial charge on any atom is -0.338 e. The molecule has 0 aromatic carbocycles. The standard InChI is InChI=1S/C28H30F2N6O3/c1-31-20-13-21-23(26(37)36-12-11-19(17-36)24-33-27(38)39-34-24)22(35(2)25(21)32-16-20)10-8-6-4-3-5-7-9-18-14-28(29,30)15-18/h13,16,18-19H,3-6,8,10-12,14-15,17H2,2H3,(H,33,34,38)/t19-/m0/s1. The normalized spacial score (nSPS) is 18.5. The number of carbonyl (C=O) groups is 1. The molecule has 2 fully saturated rings. The Hall–Kier alpha value is -3.99. The van der Waals surface area contributed by atoms with Crippen LogP contribution in [0.4, 0.5) is 14.5 Å². The van der Waals surface area contributed by atoms with E-state index >= 15 is 0 Å². The third-order valence-corrected chi connectivity index (χ3v) is 7.66. The number of pyridine rings is 1. The van der Waals surface area contributed by atoms with Crippen molar-refractivity contribution in [3.8, 4) is 11.8 Å². The van der Waals surface area contributed by atoms with E-state index in [4.69, 9.17) is 6.57 Å². The summed E-state index contributed by atoms with van der Waals surface area (Å²) in [5, 5.41) is 4.46. The van der Waals surface area contributed by atoms with Crippen molar-refractivity contribution in [1.29, 1.82) is 0 Å². The Morgan fingerprint density at radius 2 is 2.10 bits per heavy atom. The lowest BCUT2D eigenvalue weighted by molar-refractivity contribution is -0.0936. The van der Waals surface area contributed by atoms with Gasteiger partial charge in [0.2, 0.25) is 5.69 Å². The number of halogens is 2. The smallest absolute Gasteiger partial charge is 0.338 e. The first-order valence-corrected chi connectivity index (χ1v) is 13.3. The van der Waals surface area contributed by atoms with E-state index < -0.39 is 11.7 Å². The summed E-state index contributed by atoms with van der Waals surface area (Å²) in [5.74, 6) is 2.91. The van der Waals surface area contributed by atoms with Gasteiger partial charge in [-0.2, -0.15) is 0 Å². The topological polar surface area (TPSA) is 101 Å². The first kappa shape index (κ1) is 26.6. The second-order valence-electron chi connectivity index (χ2n) is 10.5. The summed E-state index contributed by atoms with van der Waals surface area (Å²) in [6.07, 6.45) is 7.02. The van der Waals surface area contributed by atoms with Gasteiger partial charge in [-0.1, -0.05) is 23.9 Å². The molecule has 5 rings (SSSR count). The molecule has 204 valence electrons. The Morgan fingerprint density at radius 3 is 2.82 bits per heavy atom. The molecule has 1 saturated carbocycles. The Morgan fingerprint density at radius 1 is 1.31 bits per heavy atom. The molecule has 9 nitrogen and oxygen atoms in total. The Balaban J connectivity index is 1.24. The highest BCUT2D eigenvalue weighted by atomic mass is 19.3. The monoisotopic (exact) mass is 536 g/mol. The fraction of sp³-hybridized carbons (Fsp3) is 0.536. The number of nitrogens with one attached hydrogen (secondary N) is 1. The van der Waals surface area contributed by atoms with Gasteiger partial charge >= 0.3 is 5.76 Å². The van der Waals surface area contributed by atoms with Crippen molar-refractivity contribution in [2.45, 2.75) is 69.6 Å². The van der Waals surface area contributed by atoms with Crippen LogP contribution in [-0.2, 0) is 13.5 Å². The molecule has 3 aromatic rings. The van der Waals surface area contributed by atoms with Crippen LogP contribution in [0.25, 0.3) is 15.9 Å². The summed E-state index contributed by atoms with van der Waals surface area (Å²) >= 11 is 0. The molecule has 39 heavy (non-hydrogen) atoms. The van der Waals surface area contributed by atoms with Crippen LogP contribution in [0.1, 0.15) is 79.2 Å². The van der Waals surface area contributed by atoms with Gasteiger partial charge in [0.15, 0.2) is 5.82 Å². The number of alkyl halides is 2. The number of fused-ring (bicyclic) bond motifs is 1. The van der Waals surface area contributed by atoms with Gasteiger partial charge in [-0.25, -0.2) is 23.4 Å². The average Bonchev–Trinajstić information content (AvgIpc) is 3.62. The second kappa shape index (κ2) is 11.0. The number of hydrogen-bond donors (Lipinski definition) is 1. The number of H-pyrrole nitrogens is 1. The van der Waals surface area contributed by atoms with Crippen molar-refractivity contribution < 1.29 is 18.1 Å². The number of aromatic nitrogens is 4. The van der Waals surface area contributed by atoms with Crippen molar-refractivity contribution >= 4 is 22.6 Å². The van der Waals surface area contributed by atoms with E-state index in [1.165, 1.54) is 6.20 Å². The van der Waals surface area contributed by atoms with Crippen LogP contribution < -0.4 is 5.76 Å². The molecule has 1 saturated heterocycles. The summed E-state index contributed by atoms with van der Waals surface area (Å²) in [7, 11) is 1.89. The predicted octanol–water partition coefficient (Wildman–Crippen LogP) is 4.97. The Labute approximate surface area is 224 Å². The number of unbranched alkanes of at least 4 members (excludes halogenated alkanes) is 4. The molecule has 1 N–H and O–H groups in total. The molecule has 0 radical (unpaired) electrons. The second-order valence-corrected chi connectivity index (χ2v) is 10.5. The largest absolute Gasteiger partial charge is 0.438 e. The average molecular weight is 537 g/mol. The zero-order chi connectivity index (χ0) is 27.6. The van der Waals surface area contributed by atoms with Crippen LogP contribution >= 0.6 is 0 Å². The van der Waals surface area contributed by atoms with Crippen LogP contribution in [0.15, 0.2) is 21.6 Å². The van der Waals surface area contributed by atoms with E-state index in [9.17, 15) is 18.4 Å². The number of carbonyl (C=O) groups excluding carboxylic acids is 1. The number of aryl methyl sites for hydroxylation is 1. The van der Waals surface area contributed by atoms with Gasteiger partial charge < -0.3 is 9.47 Å². The quantitative estimate of drug-likeness (QED) is 0.249. The maximum Gasteiger partial charge on any atom is 0.438 e. The maximum atomic E-state index is 13.8. The lowest BCUT2D eigenvalue weighted by Crippen LogP contribution is -2.34. The van der Waals surface area contributed by atoms with E-state index in [0.717, 1.165) is 31.4 Å². The number of rotatable bonds is 8. The predicted molar refractivity (Wildman–Crippen MR) is 140 cm³/mol. The highest BCUT2D eigenvalue weighted by Gasteiger charge is 2.44. The molecule has 11 heteroatoms. The van der Waals surface area contributed by atoms with Crippen LogP contribution in [0.2, 0.25) is 0 Å². The van der Waals surface area contributed by atoms with Crippen LogP contribution in [0.3, 0.4) is 0 Å². The summed E-state index contributed by atoms with van der Waals surface area (Å²) in [4.78, 5) is 37.5. The Kier molecular flexibility index (Phi) is 7.51. The number of likely N-dealkylation sites (tertiary alicyclic amines) is 1. The van der Waals surface area contributed by atoms with Gasteiger partial charge in [0, 0.05) is 68.5 Å². The number of aromatic amines is 1. The highest BCUT2D eigenvalue weighted by Crippen LogP contribution is 2.41. The van der Waals surface area contributed by atoms with Gasteiger partial charge in [-0.3, -0.25) is 14.3 Å². The van der Waals surface area contributed by atoms with Crippen LogP contribution in [0.5, 0.6) is 0 Å². The van der Waals surface area contributed by atoms with Crippen molar-refractivity contribution in [3.63, 3.8) is 0 Å². The summed E-state index contributed by atoms with van der Waals surface area (Å²) in [6.45, 7) is 8.33. The first-order chi connectivity index (χ1) is 18.8. The van der Waals surface area contributed by atoms with E-state index in [1.807, 2.05) is 11.6 Å². The van der Waals surface area contributed by atoms with Crippen molar-refractivity contribution in [1.82, 2.24) is 24.6 Å². The van der Waals surface area contributed by atoms with Gasteiger partial charge in [-0.05, 0) is 31.7 Å². The molecule has 0 bridgehead atoms. The van der Waals surface area contributed by atoms with E-state index in [-0.39, 0.29) is 30.6 Å². The summed E-state index contributed by atoms with van der Waals surface area (Å²) < 4.78 is 32.4. The molecule has 1 aliphatic carbocycles. The number of hydrogen-bond acceptors (Lipinski definition) is 5. The van der Waals surface area contributed by atoms with E-state index in [2.05, 4.69) is 36.3 Å². The van der Waals surface area contributed by atoms with Gasteiger partial charge in [0.1, 0.15) is 5.65 Å². The van der Waals surface area contributed by atoms with Gasteiger partial charge in [-0.15, -0.1) is 5.92 Å². The molecule has 1 aliphatic heterocycles. The molecular weight excluding hydrogens is 506 g/mol. The van der Waals surface area contributed by atoms with Gasteiger partial charge in [0.25, 0.3) is 11.8 Å². The van der Waals surface area contributed by atoms with Crippen molar-refractivity contribution in [2.75, 3.05) is 13.1 Å². The SMILES string of the molecule is [C-]#[N+]c1cnc2c(c1)c(C(=O)N1CC[C@H](c3noc(=O)[nH]3)C1)c(CCCCCCC#CC1CC(F)(F)C1)n2C. The minimum absolute atomic E-state index is 0.111. The van der Waals surface area contributed by atoms with Crippen molar-refractivity contribution in [3.05, 3.63) is 51.3 Å². The number of amides is 1. The van der Waals surface area contributed by atoms with Crippen molar-refractivity contribution in [2.24, 2.45) is 13.0 Å². The zero-order valence-corrected chi connectivity index (χ0v) is 21.8.